The molecule has 0 spiro atoms. The number of hydrogen-bond donors (Lipinski definition) is 1. The van der Waals surface area contributed by atoms with Crippen molar-refractivity contribution < 1.29 is 14.1 Å². The molecular weight excluding hydrogens is 212 g/mol. The Morgan fingerprint density at radius 1 is 1.44 bits per heavy atom. The van der Waals surface area contributed by atoms with E-state index in [9.17, 15) is 4.79 Å². The average molecular weight is 220 g/mol. The Kier molecular flexibility index (Phi) is 2.77. The van der Waals surface area contributed by atoms with Crippen LogP contribution in [0.5, 0.6) is 5.88 Å². The number of methoxy groups -OCH3 is 1. The normalized spacial score (nSPS) is 9.81. The number of amides is 1. The lowest BCUT2D eigenvalue weighted by molar-refractivity contribution is 0.0986. The van der Waals surface area contributed by atoms with Crippen LogP contribution in [0.2, 0.25) is 0 Å². The standard InChI is InChI=1S/C9H8N4O3/c1-15-7-5-6(16-13-7)8(14)12-9-10-3-2-4-11-9/h2-5H,1H3,(H,10,11,12,14). The maximum absolute atomic E-state index is 11.6. The molecule has 0 aromatic carbocycles. The van der Waals surface area contributed by atoms with Crippen LogP contribution in [0.25, 0.3) is 0 Å². The fourth-order valence-electron chi connectivity index (χ4n) is 0.989. The number of hydrogen-bond acceptors (Lipinski definition) is 6. The van der Waals surface area contributed by atoms with Gasteiger partial charge in [-0.1, -0.05) is 0 Å². The minimum absolute atomic E-state index is 0.0318. The first-order valence-corrected chi connectivity index (χ1v) is 4.38. The number of aromatic nitrogens is 3. The van der Waals surface area contributed by atoms with Gasteiger partial charge in [-0.15, -0.1) is 0 Å². The Balaban J connectivity index is 2.09. The number of nitrogens with one attached hydrogen (secondary N) is 1. The highest BCUT2D eigenvalue weighted by atomic mass is 16.5. The number of ether oxygens (including phenoxy) is 1. The molecule has 2 aromatic heterocycles. The van der Waals surface area contributed by atoms with E-state index in [1.54, 1.807) is 6.07 Å². The van der Waals surface area contributed by atoms with Crippen LogP contribution in [0.1, 0.15) is 10.6 Å². The van der Waals surface area contributed by atoms with Crippen molar-refractivity contribution in [3.05, 3.63) is 30.3 Å². The fraction of sp³-hybridized carbons (Fsp3) is 0.111. The molecular formula is C9H8N4O3. The highest BCUT2D eigenvalue weighted by Gasteiger charge is 2.14. The first-order chi connectivity index (χ1) is 7.79. The van der Waals surface area contributed by atoms with Crippen LogP contribution in [0.3, 0.4) is 0 Å². The molecule has 0 unspecified atom stereocenters. The van der Waals surface area contributed by atoms with Crippen molar-refractivity contribution in [3.63, 3.8) is 0 Å². The molecule has 0 bridgehead atoms. The van der Waals surface area contributed by atoms with Gasteiger partial charge < -0.3 is 9.26 Å². The maximum Gasteiger partial charge on any atom is 0.296 e. The maximum atomic E-state index is 11.6. The first-order valence-electron chi connectivity index (χ1n) is 4.38. The summed E-state index contributed by atoms with van der Waals surface area (Å²) in [4.78, 5) is 19.2. The Hall–Kier alpha value is -2.44. The lowest BCUT2D eigenvalue weighted by atomic mass is 10.4. The summed E-state index contributed by atoms with van der Waals surface area (Å²) in [6.07, 6.45) is 3.03. The molecule has 1 amide bonds. The summed E-state index contributed by atoms with van der Waals surface area (Å²) in [7, 11) is 1.43. The molecule has 0 saturated carbocycles. The summed E-state index contributed by atoms with van der Waals surface area (Å²) >= 11 is 0. The van der Waals surface area contributed by atoms with Crippen LogP contribution in [-0.2, 0) is 0 Å². The number of nitrogens with zero attached hydrogens (tertiary/aromatic N) is 3. The zero-order chi connectivity index (χ0) is 11.4. The molecule has 0 radical (unpaired) electrons. The van der Waals surface area contributed by atoms with Gasteiger partial charge in [-0.05, 0) is 11.2 Å². The Bertz CT molecular complexity index is 483. The molecule has 1 N–H and O–H groups in total. The molecule has 2 heterocycles. The van der Waals surface area contributed by atoms with E-state index in [4.69, 9.17) is 9.26 Å². The van der Waals surface area contributed by atoms with Crippen LogP contribution in [-0.4, -0.2) is 28.1 Å². The zero-order valence-corrected chi connectivity index (χ0v) is 8.38. The second-order valence-corrected chi connectivity index (χ2v) is 2.76. The van der Waals surface area contributed by atoms with E-state index in [1.807, 2.05) is 0 Å². The van der Waals surface area contributed by atoms with Gasteiger partial charge in [-0.25, -0.2) is 9.97 Å². The number of rotatable bonds is 3. The SMILES string of the molecule is COc1cc(C(=O)Nc2ncccn2)on1. The zero-order valence-electron chi connectivity index (χ0n) is 8.38. The van der Waals surface area contributed by atoms with Gasteiger partial charge in [0.1, 0.15) is 0 Å². The topological polar surface area (TPSA) is 90.1 Å². The molecule has 0 atom stereocenters. The molecule has 0 aliphatic carbocycles. The van der Waals surface area contributed by atoms with Crippen molar-refractivity contribution in [1.29, 1.82) is 0 Å². The highest BCUT2D eigenvalue weighted by Crippen LogP contribution is 2.11. The lowest BCUT2D eigenvalue weighted by Crippen LogP contribution is -2.12. The molecule has 16 heavy (non-hydrogen) atoms. The molecule has 0 aliphatic heterocycles. The van der Waals surface area contributed by atoms with E-state index in [0.717, 1.165) is 0 Å². The summed E-state index contributed by atoms with van der Waals surface area (Å²) < 4.78 is 9.53. The van der Waals surface area contributed by atoms with Gasteiger partial charge in [0.05, 0.1) is 13.2 Å². The van der Waals surface area contributed by atoms with Gasteiger partial charge in [-0.2, -0.15) is 0 Å². The summed E-state index contributed by atoms with van der Waals surface area (Å²) in [5, 5.41) is 5.94. The molecule has 0 aliphatic rings. The Morgan fingerprint density at radius 2 is 2.19 bits per heavy atom. The van der Waals surface area contributed by atoms with Crippen molar-refractivity contribution in [2.45, 2.75) is 0 Å². The second kappa shape index (κ2) is 4.39. The largest absolute Gasteiger partial charge is 0.479 e. The molecule has 0 saturated heterocycles. The van der Waals surface area contributed by atoms with Crippen LogP contribution in [0.15, 0.2) is 29.0 Å². The third-order valence-electron chi connectivity index (χ3n) is 1.71. The van der Waals surface area contributed by atoms with Gasteiger partial charge in [-0.3, -0.25) is 10.1 Å². The number of carbonyl (C=O) groups excluding carboxylic acids is 1. The third kappa shape index (κ3) is 2.14. The predicted octanol–water partition coefficient (Wildman–Crippen LogP) is 0.725. The van der Waals surface area contributed by atoms with E-state index in [0.29, 0.717) is 0 Å². The van der Waals surface area contributed by atoms with E-state index < -0.39 is 5.91 Å². The van der Waals surface area contributed by atoms with E-state index in [-0.39, 0.29) is 17.6 Å². The molecule has 7 nitrogen and oxygen atoms in total. The predicted molar refractivity (Wildman–Crippen MR) is 53.0 cm³/mol. The lowest BCUT2D eigenvalue weighted by Gasteiger charge is -1.98. The average Bonchev–Trinajstić information content (AvgIpc) is 2.79. The van der Waals surface area contributed by atoms with E-state index in [1.165, 1.54) is 25.6 Å². The van der Waals surface area contributed by atoms with Gasteiger partial charge in [0, 0.05) is 12.4 Å². The summed E-state index contributed by atoms with van der Waals surface area (Å²) in [5.41, 5.74) is 0. The molecule has 2 rings (SSSR count). The van der Waals surface area contributed by atoms with Gasteiger partial charge in [0.15, 0.2) is 0 Å². The number of carbonyl (C=O) groups is 1. The Morgan fingerprint density at radius 3 is 2.81 bits per heavy atom. The van der Waals surface area contributed by atoms with Crippen LogP contribution < -0.4 is 10.1 Å². The minimum Gasteiger partial charge on any atom is -0.479 e. The van der Waals surface area contributed by atoms with Crippen molar-refractivity contribution >= 4 is 11.9 Å². The van der Waals surface area contributed by atoms with E-state index >= 15 is 0 Å². The highest BCUT2D eigenvalue weighted by molar-refractivity contribution is 6.01. The Labute approximate surface area is 90.4 Å². The number of anilines is 1. The molecule has 82 valence electrons. The van der Waals surface area contributed by atoms with Crippen molar-refractivity contribution in [2.75, 3.05) is 12.4 Å². The van der Waals surface area contributed by atoms with Crippen LogP contribution in [0.4, 0.5) is 5.95 Å². The summed E-state index contributed by atoms with van der Waals surface area (Å²) in [6.45, 7) is 0. The van der Waals surface area contributed by atoms with Crippen LogP contribution in [0, 0.1) is 0 Å². The first kappa shape index (κ1) is 10.1. The van der Waals surface area contributed by atoms with Crippen LogP contribution >= 0.6 is 0 Å². The smallest absolute Gasteiger partial charge is 0.296 e. The fourth-order valence-corrected chi connectivity index (χ4v) is 0.989. The van der Waals surface area contributed by atoms with Crippen molar-refractivity contribution in [2.24, 2.45) is 0 Å². The molecule has 7 heteroatoms. The van der Waals surface area contributed by atoms with Gasteiger partial charge in [0.2, 0.25) is 11.7 Å². The summed E-state index contributed by atoms with van der Waals surface area (Å²) in [6, 6.07) is 3.02. The minimum atomic E-state index is -0.484. The van der Waals surface area contributed by atoms with Gasteiger partial charge >= 0.3 is 0 Å². The van der Waals surface area contributed by atoms with E-state index in [2.05, 4.69) is 20.4 Å². The van der Waals surface area contributed by atoms with Gasteiger partial charge in [0.25, 0.3) is 11.8 Å². The quantitative estimate of drug-likeness (QED) is 0.819. The molecule has 2 aromatic rings. The monoisotopic (exact) mass is 220 g/mol. The van der Waals surface area contributed by atoms with Crippen molar-refractivity contribution in [3.8, 4) is 5.88 Å². The summed E-state index contributed by atoms with van der Waals surface area (Å²) in [5.74, 6) is -0.0201. The molecule has 0 fully saturated rings. The van der Waals surface area contributed by atoms with Crippen molar-refractivity contribution in [1.82, 2.24) is 15.1 Å². The second-order valence-electron chi connectivity index (χ2n) is 2.76. The third-order valence-corrected chi connectivity index (χ3v) is 1.71.